The van der Waals surface area contributed by atoms with Crippen molar-refractivity contribution in [2.45, 2.75) is 32.4 Å². The van der Waals surface area contributed by atoms with E-state index in [-0.39, 0.29) is 6.09 Å². The largest absolute Gasteiger partial charge is 0.450 e. The van der Waals surface area contributed by atoms with Gasteiger partial charge in [0.15, 0.2) is 0 Å². The van der Waals surface area contributed by atoms with Crippen LogP contribution in [0.15, 0.2) is 30.3 Å². The minimum atomic E-state index is -0.154. The summed E-state index contributed by atoms with van der Waals surface area (Å²) >= 11 is 0. The van der Waals surface area contributed by atoms with Crippen LogP contribution in [0.3, 0.4) is 0 Å². The van der Waals surface area contributed by atoms with Crippen LogP contribution in [-0.2, 0) is 4.74 Å². The first-order chi connectivity index (χ1) is 10.2. The van der Waals surface area contributed by atoms with Gasteiger partial charge in [-0.15, -0.1) is 0 Å². The fourth-order valence-electron chi connectivity index (χ4n) is 3.76. The molecule has 0 unspecified atom stereocenters. The normalized spacial score (nSPS) is 26.7. The van der Waals surface area contributed by atoms with Gasteiger partial charge in [-0.2, -0.15) is 0 Å². The summed E-state index contributed by atoms with van der Waals surface area (Å²) in [6.45, 7) is 7.36. The lowest BCUT2D eigenvalue weighted by Gasteiger charge is -2.30. The Morgan fingerprint density at radius 2 is 2.10 bits per heavy atom. The van der Waals surface area contributed by atoms with E-state index >= 15 is 0 Å². The number of hydrogen-bond acceptors (Lipinski definition) is 3. The molecule has 0 N–H and O–H groups in total. The monoisotopic (exact) mass is 288 g/mol. The van der Waals surface area contributed by atoms with Gasteiger partial charge in [0, 0.05) is 25.2 Å². The van der Waals surface area contributed by atoms with Crippen LogP contribution in [0, 0.1) is 5.92 Å². The number of carbonyl (C=O) groups is 1. The Bertz CT molecular complexity index is 491. The van der Waals surface area contributed by atoms with Crippen LogP contribution in [0.2, 0.25) is 0 Å². The molecule has 1 aromatic rings. The van der Waals surface area contributed by atoms with E-state index in [1.807, 2.05) is 11.8 Å². The fourth-order valence-corrected chi connectivity index (χ4v) is 3.76. The zero-order chi connectivity index (χ0) is 14.8. The summed E-state index contributed by atoms with van der Waals surface area (Å²) in [6, 6.07) is 11.5. The molecule has 0 bridgehead atoms. The average Bonchev–Trinajstić information content (AvgIpc) is 3.08. The molecule has 21 heavy (non-hydrogen) atoms. The third-order valence-corrected chi connectivity index (χ3v) is 4.90. The van der Waals surface area contributed by atoms with Crippen molar-refractivity contribution in [1.82, 2.24) is 9.80 Å². The number of rotatable bonds is 3. The summed E-state index contributed by atoms with van der Waals surface area (Å²) in [5, 5.41) is 0. The van der Waals surface area contributed by atoms with E-state index in [1.54, 1.807) is 0 Å². The third-order valence-electron chi connectivity index (χ3n) is 4.90. The summed E-state index contributed by atoms with van der Waals surface area (Å²) in [6.07, 6.45) is 1.02. The van der Waals surface area contributed by atoms with Crippen molar-refractivity contribution in [1.29, 1.82) is 0 Å². The standard InChI is InChI=1S/C17H24N2O2/c1-3-21-17(20)18-11-15-9-10-19(16(15)12-18)13(2)14-7-5-4-6-8-14/h4-8,13,15-16H,3,9-12H2,1-2H3/t13-,15+,16-/m0/s1. The quantitative estimate of drug-likeness (QED) is 0.857. The minimum Gasteiger partial charge on any atom is -0.450 e. The second kappa shape index (κ2) is 6.06. The first-order valence-corrected chi connectivity index (χ1v) is 7.93. The number of ether oxygens (including phenoxy) is 1. The molecule has 2 saturated heterocycles. The Morgan fingerprint density at radius 3 is 2.81 bits per heavy atom. The molecule has 2 fully saturated rings. The average molecular weight is 288 g/mol. The first-order valence-electron chi connectivity index (χ1n) is 7.93. The Hall–Kier alpha value is -1.55. The van der Waals surface area contributed by atoms with Crippen LogP contribution in [0.1, 0.15) is 31.9 Å². The zero-order valence-electron chi connectivity index (χ0n) is 12.9. The lowest BCUT2D eigenvalue weighted by atomic mass is 10.0. The van der Waals surface area contributed by atoms with Crippen molar-refractivity contribution < 1.29 is 9.53 Å². The molecular formula is C17H24N2O2. The number of benzene rings is 1. The SMILES string of the molecule is CCOC(=O)N1C[C@H]2CCN([C@@H](C)c3ccccc3)[C@H]2C1. The van der Waals surface area contributed by atoms with Gasteiger partial charge in [0.1, 0.15) is 0 Å². The van der Waals surface area contributed by atoms with E-state index in [0.717, 1.165) is 19.6 Å². The fraction of sp³-hybridized carbons (Fsp3) is 0.588. The van der Waals surface area contributed by atoms with Crippen LogP contribution >= 0.6 is 0 Å². The topological polar surface area (TPSA) is 32.8 Å². The molecule has 0 radical (unpaired) electrons. The summed E-state index contributed by atoms with van der Waals surface area (Å²) in [7, 11) is 0. The molecule has 4 heteroatoms. The van der Waals surface area contributed by atoms with Gasteiger partial charge in [0.05, 0.1) is 6.61 Å². The molecule has 1 aromatic carbocycles. The molecule has 3 atom stereocenters. The predicted molar refractivity (Wildman–Crippen MR) is 82.1 cm³/mol. The summed E-state index contributed by atoms with van der Waals surface area (Å²) in [5.41, 5.74) is 1.35. The van der Waals surface area contributed by atoms with E-state index in [0.29, 0.717) is 24.6 Å². The van der Waals surface area contributed by atoms with Crippen molar-refractivity contribution >= 4 is 6.09 Å². The van der Waals surface area contributed by atoms with E-state index < -0.39 is 0 Å². The van der Waals surface area contributed by atoms with E-state index in [4.69, 9.17) is 4.74 Å². The van der Waals surface area contributed by atoms with E-state index in [2.05, 4.69) is 42.2 Å². The van der Waals surface area contributed by atoms with Crippen LogP contribution in [0.4, 0.5) is 4.79 Å². The maximum atomic E-state index is 11.9. The van der Waals surface area contributed by atoms with Gasteiger partial charge in [0.25, 0.3) is 0 Å². The van der Waals surface area contributed by atoms with Crippen molar-refractivity contribution in [2.24, 2.45) is 5.92 Å². The van der Waals surface area contributed by atoms with Crippen molar-refractivity contribution in [2.75, 3.05) is 26.2 Å². The van der Waals surface area contributed by atoms with Gasteiger partial charge < -0.3 is 9.64 Å². The molecule has 0 spiro atoms. The first kappa shape index (κ1) is 14.4. The smallest absolute Gasteiger partial charge is 0.409 e. The van der Waals surface area contributed by atoms with Crippen molar-refractivity contribution in [3.05, 3.63) is 35.9 Å². The minimum absolute atomic E-state index is 0.154. The van der Waals surface area contributed by atoms with Gasteiger partial charge in [-0.05, 0) is 38.3 Å². The predicted octanol–water partition coefficient (Wildman–Crippen LogP) is 2.91. The summed E-state index contributed by atoms with van der Waals surface area (Å²) in [4.78, 5) is 16.3. The lowest BCUT2D eigenvalue weighted by molar-refractivity contribution is 0.107. The molecule has 2 aliphatic heterocycles. The number of fused-ring (bicyclic) bond motifs is 1. The molecule has 2 aliphatic rings. The highest BCUT2D eigenvalue weighted by Gasteiger charge is 2.44. The van der Waals surface area contributed by atoms with E-state index in [9.17, 15) is 4.79 Å². The van der Waals surface area contributed by atoms with Gasteiger partial charge in [-0.25, -0.2) is 4.79 Å². The van der Waals surface area contributed by atoms with Gasteiger partial charge in [0.2, 0.25) is 0 Å². The van der Waals surface area contributed by atoms with E-state index in [1.165, 1.54) is 12.0 Å². The third kappa shape index (κ3) is 2.77. The molecule has 1 amide bonds. The van der Waals surface area contributed by atoms with Crippen LogP contribution in [0.25, 0.3) is 0 Å². The molecule has 114 valence electrons. The Balaban J connectivity index is 1.68. The van der Waals surface area contributed by atoms with Crippen LogP contribution in [-0.4, -0.2) is 48.2 Å². The van der Waals surface area contributed by atoms with Gasteiger partial charge in [-0.3, -0.25) is 4.90 Å². The van der Waals surface area contributed by atoms with Crippen molar-refractivity contribution in [3.63, 3.8) is 0 Å². The maximum absolute atomic E-state index is 11.9. The Labute approximate surface area is 126 Å². The number of hydrogen-bond donors (Lipinski definition) is 0. The number of nitrogens with zero attached hydrogens (tertiary/aromatic N) is 2. The summed E-state index contributed by atoms with van der Waals surface area (Å²) < 4.78 is 5.14. The highest BCUT2D eigenvalue weighted by molar-refractivity contribution is 5.68. The highest BCUT2D eigenvalue weighted by Crippen LogP contribution is 2.37. The molecule has 3 rings (SSSR count). The molecule has 0 saturated carbocycles. The molecular weight excluding hydrogens is 264 g/mol. The molecule has 0 aliphatic carbocycles. The molecule has 2 heterocycles. The number of amides is 1. The zero-order valence-corrected chi connectivity index (χ0v) is 12.9. The number of carbonyl (C=O) groups excluding carboxylic acids is 1. The van der Waals surface area contributed by atoms with Gasteiger partial charge >= 0.3 is 6.09 Å². The molecule has 4 nitrogen and oxygen atoms in total. The maximum Gasteiger partial charge on any atom is 0.409 e. The Kier molecular flexibility index (Phi) is 4.15. The second-order valence-electron chi connectivity index (χ2n) is 6.04. The summed E-state index contributed by atoms with van der Waals surface area (Å²) in [5.74, 6) is 0.598. The van der Waals surface area contributed by atoms with Crippen molar-refractivity contribution in [3.8, 4) is 0 Å². The lowest BCUT2D eigenvalue weighted by Crippen LogP contribution is -2.38. The number of likely N-dealkylation sites (tertiary alicyclic amines) is 2. The van der Waals surface area contributed by atoms with Gasteiger partial charge in [-0.1, -0.05) is 30.3 Å². The Morgan fingerprint density at radius 1 is 1.33 bits per heavy atom. The second-order valence-corrected chi connectivity index (χ2v) is 6.04. The van der Waals surface area contributed by atoms with Crippen LogP contribution in [0.5, 0.6) is 0 Å². The van der Waals surface area contributed by atoms with Crippen LogP contribution < -0.4 is 0 Å². The molecule has 0 aromatic heterocycles. The highest BCUT2D eigenvalue weighted by atomic mass is 16.6.